The summed E-state index contributed by atoms with van der Waals surface area (Å²) in [5.74, 6) is 0.687. The smallest absolute Gasteiger partial charge is 0.268 e. The van der Waals surface area contributed by atoms with E-state index in [1.165, 1.54) is 18.5 Å². The molecule has 1 N–H and O–H groups in total. The molecule has 0 spiro atoms. The Bertz CT molecular complexity index is 938. The molecule has 0 saturated heterocycles. The van der Waals surface area contributed by atoms with Crippen LogP contribution in [0.4, 0.5) is 0 Å². The normalized spacial score (nSPS) is 11.8. The molecule has 126 valence electrons. The molecule has 0 aliphatic rings. The highest BCUT2D eigenvalue weighted by molar-refractivity contribution is 7.13. The molecule has 0 radical (unpaired) electrons. The van der Waals surface area contributed by atoms with Gasteiger partial charge in [0.05, 0.1) is 15.6 Å². The van der Waals surface area contributed by atoms with Gasteiger partial charge in [-0.2, -0.15) is 4.98 Å². The Balaban J connectivity index is 1.74. The number of aryl methyl sites for hydroxylation is 2. The summed E-state index contributed by atoms with van der Waals surface area (Å²) in [5.41, 5.74) is -0.712. The molecule has 0 aliphatic carbocycles. The Labute approximate surface area is 142 Å². The van der Waals surface area contributed by atoms with Gasteiger partial charge in [0.25, 0.3) is 5.56 Å². The minimum Gasteiger partial charge on any atom is -0.344 e. The zero-order chi connectivity index (χ0) is 17.3. The van der Waals surface area contributed by atoms with Gasteiger partial charge in [0.15, 0.2) is 5.82 Å². The van der Waals surface area contributed by atoms with Gasteiger partial charge in [0, 0.05) is 19.9 Å². The van der Waals surface area contributed by atoms with Crippen LogP contribution >= 0.6 is 11.5 Å². The molecule has 2 aromatic heterocycles. The average molecular weight is 346 g/mol. The highest BCUT2D eigenvalue weighted by Gasteiger charge is 2.27. The van der Waals surface area contributed by atoms with E-state index in [0.717, 1.165) is 10.1 Å². The fraction of sp³-hybridized carbons (Fsp3) is 0.375. The van der Waals surface area contributed by atoms with Crippen LogP contribution in [0.25, 0.3) is 10.1 Å². The summed E-state index contributed by atoms with van der Waals surface area (Å²) in [6.07, 6.45) is 0.454. The van der Waals surface area contributed by atoms with Gasteiger partial charge in [-0.1, -0.05) is 28.8 Å². The molecule has 0 saturated carbocycles. The molecule has 2 heterocycles. The molecular formula is C16H18N4O3S. The largest absolute Gasteiger partial charge is 0.344 e. The fourth-order valence-electron chi connectivity index (χ4n) is 2.47. The predicted octanol–water partition coefficient (Wildman–Crippen LogP) is 2.06. The second kappa shape index (κ2) is 6.20. The van der Waals surface area contributed by atoms with Gasteiger partial charge in [-0.3, -0.25) is 13.5 Å². The van der Waals surface area contributed by atoms with Crippen molar-refractivity contribution in [2.24, 2.45) is 0 Å². The molecule has 1 aromatic carbocycles. The van der Waals surface area contributed by atoms with Crippen LogP contribution in [0.3, 0.4) is 0 Å². The van der Waals surface area contributed by atoms with Crippen LogP contribution < -0.4 is 10.9 Å². The van der Waals surface area contributed by atoms with Crippen molar-refractivity contribution < 1.29 is 9.32 Å². The molecule has 0 fully saturated rings. The van der Waals surface area contributed by atoms with E-state index in [1.54, 1.807) is 17.8 Å². The van der Waals surface area contributed by atoms with Gasteiger partial charge in [-0.15, -0.1) is 0 Å². The average Bonchev–Trinajstić information content (AvgIpc) is 3.10. The van der Waals surface area contributed by atoms with Crippen molar-refractivity contribution in [2.45, 2.75) is 39.3 Å². The van der Waals surface area contributed by atoms with Gasteiger partial charge in [0.1, 0.15) is 0 Å². The van der Waals surface area contributed by atoms with Crippen LogP contribution in [-0.2, 0) is 23.3 Å². The first kappa shape index (κ1) is 16.4. The number of amides is 1. The Kier molecular flexibility index (Phi) is 4.23. The second-order valence-corrected chi connectivity index (χ2v) is 7.13. The zero-order valence-electron chi connectivity index (χ0n) is 13.7. The van der Waals surface area contributed by atoms with Gasteiger partial charge in [-0.25, -0.2) is 0 Å². The van der Waals surface area contributed by atoms with Crippen molar-refractivity contribution in [3.8, 4) is 0 Å². The molecule has 0 aliphatic heterocycles. The molecule has 3 aromatic rings. The van der Waals surface area contributed by atoms with Crippen molar-refractivity contribution in [3.63, 3.8) is 0 Å². The van der Waals surface area contributed by atoms with E-state index in [1.807, 2.05) is 24.3 Å². The van der Waals surface area contributed by atoms with Crippen LogP contribution in [0.5, 0.6) is 0 Å². The predicted molar refractivity (Wildman–Crippen MR) is 90.9 cm³/mol. The standard InChI is InChI=1S/C16H18N4O3S/c1-10(21)18-16(2,3)15-17-13(23-19-15)8-9-20-14(22)11-6-4-5-7-12(11)24-20/h4-7H,8-9H2,1-3H3,(H,18,21). The van der Waals surface area contributed by atoms with Crippen LogP contribution in [0.2, 0.25) is 0 Å². The number of nitrogens with zero attached hydrogens (tertiary/aromatic N) is 3. The molecular weight excluding hydrogens is 328 g/mol. The van der Waals surface area contributed by atoms with Gasteiger partial charge < -0.3 is 9.84 Å². The van der Waals surface area contributed by atoms with Gasteiger partial charge >= 0.3 is 0 Å². The third-order valence-electron chi connectivity index (χ3n) is 3.60. The Morgan fingerprint density at radius 3 is 2.83 bits per heavy atom. The van der Waals surface area contributed by atoms with Crippen molar-refractivity contribution in [1.29, 1.82) is 0 Å². The Morgan fingerprint density at radius 2 is 2.12 bits per heavy atom. The number of aromatic nitrogens is 3. The summed E-state index contributed by atoms with van der Waals surface area (Å²) in [7, 11) is 0. The lowest BCUT2D eigenvalue weighted by Gasteiger charge is -2.20. The van der Waals surface area contributed by atoms with E-state index in [4.69, 9.17) is 4.52 Å². The molecule has 24 heavy (non-hydrogen) atoms. The number of hydrogen-bond donors (Lipinski definition) is 1. The maximum Gasteiger partial charge on any atom is 0.268 e. The van der Waals surface area contributed by atoms with E-state index in [9.17, 15) is 9.59 Å². The first-order valence-electron chi connectivity index (χ1n) is 7.57. The number of hydrogen-bond acceptors (Lipinski definition) is 6. The zero-order valence-corrected chi connectivity index (χ0v) is 14.5. The highest BCUT2D eigenvalue weighted by atomic mass is 32.1. The number of fused-ring (bicyclic) bond motifs is 1. The minimum atomic E-state index is -0.706. The number of carbonyl (C=O) groups is 1. The molecule has 8 heteroatoms. The number of carbonyl (C=O) groups excluding carboxylic acids is 1. The van der Waals surface area contributed by atoms with Gasteiger partial charge in [-0.05, 0) is 26.0 Å². The van der Waals surface area contributed by atoms with E-state index in [-0.39, 0.29) is 11.5 Å². The lowest BCUT2D eigenvalue weighted by molar-refractivity contribution is -0.120. The Morgan fingerprint density at radius 1 is 1.38 bits per heavy atom. The summed E-state index contributed by atoms with van der Waals surface area (Å²) >= 11 is 1.42. The molecule has 1 amide bonds. The third-order valence-corrected chi connectivity index (χ3v) is 4.72. The first-order valence-corrected chi connectivity index (χ1v) is 8.35. The van der Waals surface area contributed by atoms with E-state index in [2.05, 4.69) is 15.5 Å². The van der Waals surface area contributed by atoms with Crippen LogP contribution in [-0.4, -0.2) is 20.0 Å². The minimum absolute atomic E-state index is 0.00563. The summed E-state index contributed by atoms with van der Waals surface area (Å²) in [6, 6.07) is 7.52. The second-order valence-electron chi connectivity index (χ2n) is 6.06. The number of nitrogens with one attached hydrogen (secondary N) is 1. The SMILES string of the molecule is CC(=O)NC(C)(C)c1noc(CCn2sc3ccccc3c2=O)n1. The fourth-order valence-corrected chi connectivity index (χ4v) is 3.46. The summed E-state index contributed by atoms with van der Waals surface area (Å²) in [6.45, 7) is 5.52. The van der Waals surface area contributed by atoms with Gasteiger partial charge in [0.2, 0.25) is 11.8 Å². The van der Waals surface area contributed by atoms with E-state index >= 15 is 0 Å². The molecule has 0 bridgehead atoms. The third kappa shape index (κ3) is 3.23. The van der Waals surface area contributed by atoms with E-state index < -0.39 is 5.54 Å². The lowest BCUT2D eigenvalue weighted by atomic mass is 10.1. The van der Waals surface area contributed by atoms with Crippen molar-refractivity contribution in [1.82, 2.24) is 19.4 Å². The topological polar surface area (TPSA) is 90.0 Å². The monoisotopic (exact) mass is 346 g/mol. The molecule has 3 rings (SSSR count). The summed E-state index contributed by atoms with van der Waals surface area (Å²) in [5, 5.41) is 7.43. The van der Waals surface area contributed by atoms with Crippen LogP contribution in [0.1, 0.15) is 32.5 Å². The lowest BCUT2D eigenvalue weighted by Crippen LogP contribution is -2.40. The Hall–Kier alpha value is -2.48. The van der Waals surface area contributed by atoms with Crippen molar-refractivity contribution >= 4 is 27.5 Å². The number of benzene rings is 1. The maximum absolute atomic E-state index is 12.3. The molecule has 0 atom stereocenters. The van der Waals surface area contributed by atoms with Crippen LogP contribution in [0.15, 0.2) is 33.6 Å². The summed E-state index contributed by atoms with van der Waals surface area (Å²) in [4.78, 5) is 27.9. The van der Waals surface area contributed by atoms with Crippen molar-refractivity contribution in [3.05, 3.63) is 46.3 Å². The van der Waals surface area contributed by atoms with Crippen LogP contribution in [0, 0.1) is 0 Å². The maximum atomic E-state index is 12.3. The molecule has 7 nitrogen and oxygen atoms in total. The van der Waals surface area contributed by atoms with E-state index in [0.29, 0.717) is 24.7 Å². The first-order chi connectivity index (χ1) is 11.4. The number of rotatable bonds is 5. The van der Waals surface area contributed by atoms with Crippen molar-refractivity contribution in [2.75, 3.05) is 0 Å². The molecule has 0 unspecified atom stereocenters. The summed E-state index contributed by atoms with van der Waals surface area (Å²) < 4.78 is 7.89. The quantitative estimate of drug-likeness (QED) is 0.764. The highest BCUT2D eigenvalue weighted by Crippen LogP contribution is 2.18.